The lowest BCUT2D eigenvalue weighted by Gasteiger charge is -2.18. The van der Waals surface area contributed by atoms with E-state index in [2.05, 4.69) is 25.6 Å². The molecule has 1 fully saturated rings. The topological polar surface area (TPSA) is 66.5 Å². The number of halogens is 1. The molecule has 0 aliphatic carbocycles. The lowest BCUT2D eigenvalue weighted by Crippen LogP contribution is -2.30. The Hall–Kier alpha value is -1.86. The molecule has 0 saturated carbocycles. The van der Waals surface area contributed by atoms with E-state index in [1.807, 2.05) is 6.07 Å². The van der Waals surface area contributed by atoms with Crippen LogP contribution in [0.5, 0.6) is 0 Å². The number of benzene rings is 2. The number of anilines is 1. The van der Waals surface area contributed by atoms with Gasteiger partial charge in [0.25, 0.3) is 15.9 Å². The summed E-state index contributed by atoms with van der Waals surface area (Å²) in [5, 5.41) is 0. The summed E-state index contributed by atoms with van der Waals surface area (Å²) < 4.78 is 27.5. The number of carbonyl (C=O) groups excluding carboxylic acids is 1. The summed E-state index contributed by atoms with van der Waals surface area (Å²) in [6.45, 7) is 1.92. The predicted molar refractivity (Wildman–Crippen MR) is 96.7 cm³/mol. The monoisotopic (exact) mass is 408 g/mol. The van der Waals surface area contributed by atoms with Crippen LogP contribution in [0.4, 0.5) is 5.69 Å². The van der Waals surface area contributed by atoms with E-state index in [-0.39, 0.29) is 4.90 Å². The zero-order valence-electron chi connectivity index (χ0n) is 12.9. The number of carbonyl (C=O) groups is 1. The minimum absolute atomic E-state index is 0.0507. The zero-order valence-corrected chi connectivity index (χ0v) is 15.3. The van der Waals surface area contributed by atoms with Crippen LogP contribution in [0.25, 0.3) is 0 Å². The molecular formula is C17H17BrN2O3S. The molecule has 0 aromatic heterocycles. The quantitative estimate of drug-likeness (QED) is 0.843. The zero-order chi connectivity index (χ0) is 17.2. The summed E-state index contributed by atoms with van der Waals surface area (Å²) >= 11 is 3.25. The molecule has 3 rings (SSSR count). The average Bonchev–Trinajstić information content (AvgIpc) is 3.09. The van der Waals surface area contributed by atoms with Crippen LogP contribution in [-0.4, -0.2) is 27.4 Å². The van der Waals surface area contributed by atoms with E-state index < -0.39 is 15.9 Å². The van der Waals surface area contributed by atoms with Gasteiger partial charge in [0.2, 0.25) is 0 Å². The molecule has 0 spiro atoms. The standard InChI is InChI=1S/C17H17BrN2O3S/c18-14-6-8-16(9-7-14)24(22,23)19-17(21)13-4-3-5-15(12-13)20-10-1-2-11-20/h3-9,12H,1-2,10-11H2,(H,19,21). The van der Waals surface area contributed by atoms with Crippen LogP contribution < -0.4 is 9.62 Å². The highest BCUT2D eigenvalue weighted by atomic mass is 79.9. The third-order valence-corrected chi connectivity index (χ3v) is 5.81. The Kier molecular flexibility index (Phi) is 4.91. The van der Waals surface area contributed by atoms with E-state index in [0.717, 1.165) is 36.1 Å². The summed E-state index contributed by atoms with van der Waals surface area (Å²) in [6, 6.07) is 13.2. The maximum Gasteiger partial charge on any atom is 0.265 e. The second-order valence-electron chi connectivity index (χ2n) is 5.63. The van der Waals surface area contributed by atoms with Crippen LogP contribution in [0.3, 0.4) is 0 Å². The Morgan fingerprint density at radius 1 is 1.04 bits per heavy atom. The molecule has 5 nitrogen and oxygen atoms in total. The van der Waals surface area contributed by atoms with Crippen molar-refractivity contribution < 1.29 is 13.2 Å². The summed E-state index contributed by atoms with van der Waals surface area (Å²) in [5.41, 5.74) is 1.28. The molecule has 0 atom stereocenters. The average molecular weight is 409 g/mol. The number of sulfonamides is 1. The van der Waals surface area contributed by atoms with Gasteiger partial charge in [0.1, 0.15) is 0 Å². The Bertz CT molecular complexity index is 844. The van der Waals surface area contributed by atoms with Crippen molar-refractivity contribution >= 4 is 37.5 Å². The summed E-state index contributed by atoms with van der Waals surface area (Å²) in [5.74, 6) is -0.626. The molecule has 1 N–H and O–H groups in total. The van der Waals surface area contributed by atoms with Crippen LogP contribution in [-0.2, 0) is 10.0 Å². The normalized spacial score (nSPS) is 14.6. The van der Waals surface area contributed by atoms with Gasteiger partial charge < -0.3 is 4.90 Å². The fraction of sp³-hybridized carbons (Fsp3) is 0.235. The molecule has 1 saturated heterocycles. The van der Waals surface area contributed by atoms with Crippen molar-refractivity contribution in [2.75, 3.05) is 18.0 Å². The Balaban J connectivity index is 1.79. The third kappa shape index (κ3) is 3.79. The minimum atomic E-state index is -3.89. The van der Waals surface area contributed by atoms with Gasteiger partial charge in [-0.15, -0.1) is 0 Å². The number of hydrogen-bond donors (Lipinski definition) is 1. The molecule has 0 radical (unpaired) electrons. The van der Waals surface area contributed by atoms with Crippen LogP contribution in [0.15, 0.2) is 57.9 Å². The Morgan fingerprint density at radius 3 is 2.38 bits per heavy atom. The Morgan fingerprint density at radius 2 is 1.71 bits per heavy atom. The van der Waals surface area contributed by atoms with Crippen LogP contribution in [0.1, 0.15) is 23.2 Å². The lowest BCUT2D eigenvalue weighted by atomic mass is 10.2. The van der Waals surface area contributed by atoms with Gasteiger partial charge in [-0.3, -0.25) is 4.79 Å². The van der Waals surface area contributed by atoms with Gasteiger partial charge >= 0.3 is 0 Å². The van der Waals surface area contributed by atoms with Crippen LogP contribution in [0.2, 0.25) is 0 Å². The van der Waals surface area contributed by atoms with Gasteiger partial charge in [0, 0.05) is 28.8 Å². The molecule has 1 aliphatic rings. The highest BCUT2D eigenvalue weighted by molar-refractivity contribution is 9.10. The smallest absolute Gasteiger partial charge is 0.265 e. The van der Waals surface area contributed by atoms with Crippen molar-refractivity contribution in [2.24, 2.45) is 0 Å². The van der Waals surface area contributed by atoms with Gasteiger partial charge in [-0.05, 0) is 55.3 Å². The highest BCUT2D eigenvalue weighted by Gasteiger charge is 2.20. The van der Waals surface area contributed by atoms with Crippen molar-refractivity contribution in [3.05, 3.63) is 58.6 Å². The van der Waals surface area contributed by atoms with Crippen molar-refractivity contribution in [3.8, 4) is 0 Å². The molecule has 1 heterocycles. The minimum Gasteiger partial charge on any atom is -0.372 e. The van der Waals surface area contributed by atoms with Crippen molar-refractivity contribution in [2.45, 2.75) is 17.7 Å². The molecule has 1 amide bonds. The van der Waals surface area contributed by atoms with E-state index in [4.69, 9.17) is 0 Å². The predicted octanol–water partition coefficient (Wildman–Crippen LogP) is 3.17. The summed E-state index contributed by atoms with van der Waals surface area (Å²) in [4.78, 5) is 14.6. The highest BCUT2D eigenvalue weighted by Crippen LogP contribution is 2.21. The largest absolute Gasteiger partial charge is 0.372 e. The van der Waals surface area contributed by atoms with Crippen molar-refractivity contribution in [1.82, 2.24) is 4.72 Å². The maximum absolute atomic E-state index is 12.3. The molecule has 0 unspecified atom stereocenters. The maximum atomic E-state index is 12.3. The number of amides is 1. The number of hydrogen-bond acceptors (Lipinski definition) is 4. The van der Waals surface area contributed by atoms with Crippen LogP contribution in [0, 0.1) is 0 Å². The second kappa shape index (κ2) is 6.94. The van der Waals surface area contributed by atoms with E-state index >= 15 is 0 Å². The summed E-state index contributed by atoms with van der Waals surface area (Å²) in [7, 11) is -3.89. The molecule has 2 aromatic rings. The van der Waals surface area contributed by atoms with Crippen LogP contribution >= 0.6 is 15.9 Å². The first kappa shape index (κ1) is 17.0. The van der Waals surface area contributed by atoms with Gasteiger partial charge in [0.05, 0.1) is 4.90 Å². The summed E-state index contributed by atoms with van der Waals surface area (Å²) in [6.07, 6.45) is 2.27. The molecule has 126 valence electrons. The second-order valence-corrected chi connectivity index (χ2v) is 8.23. The fourth-order valence-corrected chi connectivity index (χ4v) is 3.91. The van der Waals surface area contributed by atoms with E-state index in [1.54, 1.807) is 30.3 Å². The first-order valence-electron chi connectivity index (χ1n) is 7.63. The molecule has 1 aliphatic heterocycles. The van der Waals surface area contributed by atoms with E-state index in [1.165, 1.54) is 12.1 Å². The SMILES string of the molecule is O=C(NS(=O)(=O)c1ccc(Br)cc1)c1cccc(N2CCCC2)c1. The third-order valence-electron chi connectivity index (χ3n) is 3.93. The van der Waals surface area contributed by atoms with E-state index in [0.29, 0.717) is 5.56 Å². The molecule has 0 bridgehead atoms. The lowest BCUT2D eigenvalue weighted by molar-refractivity contribution is 0.0981. The first-order chi connectivity index (χ1) is 11.5. The number of nitrogens with zero attached hydrogens (tertiary/aromatic N) is 1. The number of rotatable bonds is 4. The van der Waals surface area contributed by atoms with Crippen molar-refractivity contribution in [1.29, 1.82) is 0 Å². The molecular weight excluding hydrogens is 392 g/mol. The Labute approximate surface area is 149 Å². The van der Waals surface area contributed by atoms with Gasteiger partial charge in [-0.25, -0.2) is 13.1 Å². The van der Waals surface area contributed by atoms with Gasteiger partial charge in [0.15, 0.2) is 0 Å². The first-order valence-corrected chi connectivity index (χ1v) is 9.91. The van der Waals surface area contributed by atoms with E-state index in [9.17, 15) is 13.2 Å². The van der Waals surface area contributed by atoms with Crippen molar-refractivity contribution in [3.63, 3.8) is 0 Å². The molecule has 2 aromatic carbocycles. The molecule has 7 heteroatoms. The van der Waals surface area contributed by atoms with Gasteiger partial charge in [-0.2, -0.15) is 0 Å². The number of nitrogens with one attached hydrogen (secondary N) is 1. The fourth-order valence-electron chi connectivity index (χ4n) is 2.67. The van der Waals surface area contributed by atoms with Gasteiger partial charge in [-0.1, -0.05) is 22.0 Å². The molecule has 24 heavy (non-hydrogen) atoms.